The van der Waals surface area contributed by atoms with Gasteiger partial charge in [-0.15, -0.1) is 0 Å². The number of anilines is 1. The second kappa shape index (κ2) is 5.93. The first-order valence-electron chi connectivity index (χ1n) is 6.11. The Morgan fingerprint density at radius 3 is 2.89 bits per heavy atom. The van der Waals surface area contributed by atoms with Crippen LogP contribution in [0.5, 0.6) is 5.75 Å². The summed E-state index contributed by atoms with van der Waals surface area (Å²) >= 11 is 6.01. The van der Waals surface area contributed by atoms with Crippen molar-refractivity contribution >= 4 is 17.3 Å². The fourth-order valence-electron chi connectivity index (χ4n) is 1.70. The molecule has 0 saturated heterocycles. The van der Waals surface area contributed by atoms with Crippen LogP contribution in [0.3, 0.4) is 0 Å². The minimum atomic E-state index is 0.393. The van der Waals surface area contributed by atoms with Crippen LogP contribution in [-0.4, -0.2) is 17.3 Å². The van der Waals surface area contributed by atoms with Crippen LogP contribution in [0.15, 0.2) is 16.7 Å². The average Bonchev–Trinajstić information content (AvgIpc) is 2.87. The molecule has 0 aliphatic heterocycles. The number of benzene rings is 1. The second-order valence-corrected chi connectivity index (χ2v) is 4.60. The Bertz CT molecular complexity index is 569. The van der Waals surface area contributed by atoms with Crippen LogP contribution in [0, 0.1) is 0 Å². The zero-order valence-electron chi connectivity index (χ0n) is 10.9. The fraction of sp³-hybridized carbons (Fsp3) is 0.385. The Labute approximate surface area is 116 Å². The summed E-state index contributed by atoms with van der Waals surface area (Å²) in [6.45, 7) is 2.11. The molecule has 0 spiro atoms. The molecular formula is C13H16ClN3O2. The molecule has 1 aromatic heterocycles. The van der Waals surface area contributed by atoms with Gasteiger partial charge in [-0.3, -0.25) is 0 Å². The molecule has 2 aromatic rings. The lowest BCUT2D eigenvalue weighted by atomic mass is 10.1. The maximum Gasteiger partial charge on any atom is 0.261 e. The van der Waals surface area contributed by atoms with Gasteiger partial charge >= 0.3 is 0 Å². The van der Waals surface area contributed by atoms with Crippen molar-refractivity contribution in [3.63, 3.8) is 0 Å². The minimum absolute atomic E-state index is 0.393. The van der Waals surface area contributed by atoms with Gasteiger partial charge in [-0.2, -0.15) is 4.98 Å². The highest BCUT2D eigenvalue weighted by atomic mass is 35.5. The van der Waals surface area contributed by atoms with Gasteiger partial charge in [0.05, 0.1) is 23.4 Å². The van der Waals surface area contributed by atoms with E-state index in [4.69, 9.17) is 26.6 Å². The molecule has 0 bridgehead atoms. The van der Waals surface area contributed by atoms with Gasteiger partial charge in [-0.1, -0.05) is 30.1 Å². The van der Waals surface area contributed by atoms with Crippen LogP contribution in [0.2, 0.25) is 5.02 Å². The zero-order chi connectivity index (χ0) is 13.8. The fourth-order valence-corrected chi connectivity index (χ4v) is 1.87. The summed E-state index contributed by atoms with van der Waals surface area (Å²) in [7, 11) is 1.56. The monoisotopic (exact) mass is 281 g/mol. The topological polar surface area (TPSA) is 74.2 Å². The van der Waals surface area contributed by atoms with E-state index in [0.717, 1.165) is 19.3 Å². The highest BCUT2D eigenvalue weighted by molar-refractivity contribution is 6.33. The van der Waals surface area contributed by atoms with E-state index in [1.165, 1.54) is 0 Å². The number of unbranched alkanes of at least 4 members (excludes halogenated alkanes) is 1. The lowest BCUT2D eigenvalue weighted by molar-refractivity contribution is 0.402. The van der Waals surface area contributed by atoms with Crippen LogP contribution in [0.25, 0.3) is 11.5 Å². The van der Waals surface area contributed by atoms with E-state index in [1.807, 2.05) is 0 Å². The van der Waals surface area contributed by atoms with Crippen LogP contribution < -0.4 is 10.5 Å². The standard InChI is InChI=1S/C13H16ClN3O2/c1-3-4-5-12-16-13(19-17-12)8-6-9(14)10(15)7-11(8)18-2/h6-7H,3-5,15H2,1-2H3. The van der Waals surface area contributed by atoms with Gasteiger partial charge in [-0.05, 0) is 12.5 Å². The molecule has 2 N–H and O–H groups in total. The van der Waals surface area contributed by atoms with Gasteiger partial charge in [0.2, 0.25) is 0 Å². The van der Waals surface area contributed by atoms with E-state index in [2.05, 4.69) is 17.1 Å². The Kier molecular flexibility index (Phi) is 4.27. The highest BCUT2D eigenvalue weighted by Crippen LogP contribution is 2.35. The van der Waals surface area contributed by atoms with E-state index >= 15 is 0 Å². The number of aryl methyl sites for hydroxylation is 1. The summed E-state index contributed by atoms with van der Waals surface area (Å²) in [5, 5.41) is 4.38. The van der Waals surface area contributed by atoms with Crippen LogP contribution in [0.1, 0.15) is 25.6 Å². The van der Waals surface area contributed by atoms with Crippen molar-refractivity contribution in [1.29, 1.82) is 0 Å². The van der Waals surface area contributed by atoms with Gasteiger partial charge in [0.1, 0.15) is 5.75 Å². The number of nitrogens with zero attached hydrogens (tertiary/aromatic N) is 2. The van der Waals surface area contributed by atoms with E-state index in [1.54, 1.807) is 19.2 Å². The van der Waals surface area contributed by atoms with Crippen molar-refractivity contribution < 1.29 is 9.26 Å². The number of ether oxygens (including phenoxy) is 1. The predicted molar refractivity (Wildman–Crippen MR) is 74.3 cm³/mol. The molecule has 0 aliphatic carbocycles. The van der Waals surface area contributed by atoms with E-state index in [-0.39, 0.29) is 0 Å². The lowest BCUT2D eigenvalue weighted by Crippen LogP contribution is -1.93. The van der Waals surface area contributed by atoms with Crippen LogP contribution in [-0.2, 0) is 6.42 Å². The molecule has 0 aliphatic rings. The third-order valence-corrected chi connectivity index (χ3v) is 3.10. The summed E-state index contributed by atoms with van der Waals surface area (Å²) in [5.74, 6) is 1.64. The SMILES string of the molecule is CCCCc1noc(-c2cc(Cl)c(N)cc2OC)n1. The van der Waals surface area contributed by atoms with E-state index in [9.17, 15) is 0 Å². The van der Waals surface area contributed by atoms with Crippen molar-refractivity contribution in [1.82, 2.24) is 10.1 Å². The first kappa shape index (κ1) is 13.7. The van der Waals surface area contributed by atoms with Crippen molar-refractivity contribution in [2.45, 2.75) is 26.2 Å². The molecule has 1 heterocycles. The van der Waals surface area contributed by atoms with E-state index in [0.29, 0.717) is 33.7 Å². The molecule has 6 heteroatoms. The number of hydrogen-bond acceptors (Lipinski definition) is 5. The molecule has 5 nitrogen and oxygen atoms in total. The quantitative estimate of drug-likeness (QED) is 0.851. The number of aromatic nitrogens is 2. The molecule has 2 rings (SSSR count). The van der Waals surface area contributed by atoms with Gasteiger partial charge in [0.15, 0.2) is 5.82 Å². The number of rotatable bonds is 5. The van der Waals surface area contributed by atoms with Gasteiger partial charge in [-0.25, -0.2) is 0 Å². The molecule has 0 saturated carbocycles. The second-order valence-electron chi connectivity index (χ2n) is 4.19. The van der Waals surface area contributed by atoms with E-state index < -0.39 is 0 Å². The van der Waals surface area contributed by atoms with Gasteiger partial charge in [0, 0.05) is 12.5 Å². The number of nitrogens with two attached hydrogens (primary N) is 1. The molecule has 0 radical (unpaired) electrons. The van der Waals surface area contributed by atoms with Crippen molar-refractivity contribution in [2.75, 3.05) is 12.8 Å². The summed E-state index contributed by atoms with van der Waals surface area (Å²) in [6.07, 6.45) is 2.91. The van der Waals surface area contributed by atoms with Crippen LogP contribution >= 0.6 is 11.6 Å². The van der Waals surface area contributed by atoms with Crippen LogP contribution in [0.4, 0.5) is 5.69 Å². The molecule has 102 valence electrons. The molecule has 0 atom stereocenters. The summed E-state index contributed by atoms with van der Waals surface area (Å²) in [5.41, 5.74) is 6.84. The van der Waals surface area contributed by atoms with Gasteiger partial charge < -0.3 is 15.0 Å². The smallest absolute Gasteiger partial charge is 0.261 e. The van der Waals surface area contributed by atoms with Crippen molar-refractivity contribution in [2.24, 2.45) is 0 Å². The Hall–Kier alpha value is -1.75. The minimum Gasteiger partial charge on any atom is -0.496 e. The number of halogens is 1. The number of hydrogen-bond donors (Lipinski definition) is 1. The molecule has 0 fully saturated rings. The van der Waals surface area contributed by atoms with Crippen molar-refractivity contribution in [3.05, 3.63) is 23.0 Å². The zero-order valence-corrected chi connectivity index (χ0v) is 11.7. The highest BCUT2D eigenvalue weighted by Gasteiger charge is 2.15. The number of nitrogen functional groups attached to an aromatic ring is 1. The maximum atomic E-state index is 6.01. The number of methoxy groups -OCH3 is 1. The first-order valence-corrected chi connectivity index (χ1v) is 6.49. The molecule has 19 heavy (non-hydrogen) atoms. The first-order chi connectivity index (χ1) is 9.15. The Morgan fingerprint density at radius 2 is 2.21 bits per heavy atom. The molecule has 0 amide bonds. The predicted octanol–water partition coefficient (Wildman–Crippen LogP) is 3.32. The summed E-state index contributed by atoms with van der Waals surface area (Å²) in [4.78, 5) is 4.34. The normalized spacial score (nSPS) is 10.7. The molecule has 1 aromatic carbocycles. The van der Waals surface area contributed by atoms with Crippen molar-refractivity contribution in [3.8, 4) is 17.2 Å². The average molecular weight is 282 g/mol. The lowest BCUT2D eigenvalue weighted by Gasteiger charge is -2.07. The third kappa shape index (κ3) is 2.98. The largest absolute Gasteiger partial charge is 0.496 e. The molecular weight excluding hydrogens is 266 g/mol. The summed E-state index contributed by atoms with van der Waals surface area (Å²) in [6, 6.07) is 3.32. The summed E-state index contributed by atoms with van der Waals surface area (Å²) < 4.78 is 10.5. The molecule has 0 unspecified atom stereocenters. The maximum absolute atomic E-state index is 6.01. The van der Waals surface area contributed by atoms with Gasteiger partial charge in [0.25, 0.3) is 5.89 Å². The third-order valence-electron chi connectivity index (χ3n) is 2.77. The Balaban J connectivity index is 2.35. The Morgan fingerprint density at radius 1 is 1.42 bits per heavy atom.